The third-order valence-corrected chi connectivity index (χ3v) is 5.48. The van der Waals surface area contributed by atoms with Crippen LogP contribution in [0.4, 0.5) is 0 Å². The fourth-order valence-electron chi connectivity index (χ4n) is 4.36. The SMILES string of the molecule is CCCNCC1(CN2CCC(CN(C)C)CC2)CCCC1. The third kappa shape index (κ3) is 5.54. The van der Waals surface area contributed by atoms with Crippen molar-refractivity contribution in [3.8, 4) is 0 Å². The van der Waals surface area contributed by atoms with Gasteiger partial charge in [-0.15, -0.1) is 0 Å². The van der Waals surface area contributed by atoms with E-state index in [0.717, 1.165) is 5.92 Å². The van der Waals surface area contributed by atoms with E-state index in [0.29, 0.717) is 5.41 Å². The maximum atomic E-state index is 3.71. The summed E-state index contributed by atoms with van der Waals surface area (Å²) in [5.41, 5.74) is 0.587. The van der Waals surface area contributed by atoms with Crippen LogP contribution < -0.4 is 5.32 Å². The molecule has 1 saturated heterocycles. The van der Waals surface area contributed by atoms with E-state index in [2.05, 4.69) is 36.1 Å². The van der Waals surface area contributed by atoms with Crippen molar-refractivity contribution >= 4 is 0 Å². The topological polar surface area (TPSA) is 18.5 Å². The quantitative estimate of drug-likeness (QED) is 0.695. The summed E-state index contributed by atoms with van der Waals surface area (Å²) in [4.78, 5) is 5.12. The highest BCUT2D eigenvalue weighted by molar-refractivity contribution is 4.90. The van der Waals surface area contributed by atoms with Crippen molar-refractivity contribution in [1.82, 2.24) is 15.1 Å². The molecule has 3 nitrogen and oxygen atoms in total. The van der Waals surface area contributed by atoms with Crippen molar-refractivity contribution in [2.45, 2.75) is 51.9 Å². The van der Waals surface area contributed by atoms with Gasteiger partial charge in [0.2, 0.25) is 0 Å². The summed E-state index contributed by atoms with van der Waals surface area (Å²) >= 11 is 0. The predicted octanol–water partition coefficient (Wildman–Crippen LogP) is 2.82. The Morgan fingerprint density at radius 3 is 2.38 bits per heavy atom. The van der Waals surface area contributed by atoms with Crippen molar-refractivity contribution in [3.63, 3.8) is 0 Å². The minimum absolute atomic E-state index is 0.587. The second kappa shape index (κ2) is 8.50. The summed E-state index contributed by atoms with van der Waals surface area (Å²) in [6, 6.07) is 0. The van der Waals surface area contributed by atoms with Crippen LogP contribution in [0, 0.1) is 11.3 Å². The molecule has 1 N–H and O–H groups in total. The lowest BCUT2D eigenvalue weighted by atomic mass is 9.84. The van der Waals surface area contributed by atoms with Crippen molar-refractivity contribution in [3.05, 3.63) is 0 Å². The van der Waals surface area contributed by atoms with Gasteiger partial charge in [0, 0.05) is 19.6 Å². The molecule has 0 radical (unpaired) electrons. The number of hydrogen-bond acceptors (Lipinski definition) is 3. The molecule has 2 aliphatic rings. The molecular formula is C18H37N3. The fraction of sp³-hybridized carbons (Fsp3) is 1.00. The zero-order valence-corrected chi connectivity index (χ0v) is 14.7. The van der Waals surface area contributed by atoms with Gasteiger partial charge in [-0.25, -0.2) is 0 Å². The first-order chi connectivity index (χ1) is 10.1. The molecule has 1 aliphatic carbocycles. The Morgan fingerprint density at radius 1 is 1.14 bits per heavy atom. The molecule has 1 aliphatic heterocycles. The lowest BCUT2D eigenvalue weighted by Gasteiger charge is -2.39. The van der Waals surface area contributed by atoms with E-state index in [9.17, 15) is 0 Å². The highest BCUT2D eigenvalue weighted by Crippen LogP contribution is 2.39. The van der Waals surface area contributed by atoms with Gasteiger partial charge >= 0.3 is 0 Å². The molecule has 0 atom stereocenters. The van der Waals surface area contributed by atoms with E-state index in [1.165, 1.54) is 84.2 Å². The number of likely N-dealkylation sites (tertiary alicyclic amines) is 1. The number of nitrogens with zero attached hydrogens (tertiary/aromatic N) is 2. The van der Waals surface area contributed by atoms with Crippen LogP contribution in [-0.4, -0.2) is 63.2 Å². The molecule has 1 heterocycles. The molecule has 0 aromatic carbocycles. The Bertz CT molecular complexity index is 276. The van der Waals surface area contributed by atoms with Gasteiger partial charge in [0.15, 0.2) is 0 Å². The van der Waals surface area contributed by atoms with Crippen LogP contribution in [0.3, 0.4) is 0 Å². The fourth-order valence-corrected chi connectivity index (χ4v) is 4.36. The maximum absolute atomic E-state index is 3.71. The first kappa shape index (κ1) is 17.2. The van der Waals surface area contributed by atoms with Crippen LogP contribution in [0.2, 0.25) is 0 Å². The monoisotopic (exact) mass is 295 g/mol. The second-order valence-corrected chi connectivity index (χ2v) is 7.87. The van der Waals surface area contributed by atoms with Gasteiger partial charge in [-0.2, -0.15) is 0 Å². The van der Waals surface area contributed by atoms with Crippen LogP contribution in [0.15, 0.2) is 0 Å². The van der Waals surface area contributed by atoms with E-state index in [1.54, 1.807) is 0 Å². The molecule has 0 bridgehead atoms. The average Bonchev–Trinajstić information content (AvgIpc) is 2.90. The molecule has 0 spiro atoms. The summed E-state index contributed by atoms with van der Waals surface area (Å²) in [6.45, 7) is 9.98. The molecule has 2 fully saturated rings. The van der Waals surface area contributed by atoms with E-state index in [4.69, 9.17) is 0 Å². The average molecular weight is 296 g/mol. The normalized spacial score (nSPS) is 24.0. The van der Waals surface area contributed by atoms with E-state index < -0.39 is 0 Å². The number of rotatable bonds is 8. The standard InChI is InChI=1S/C18H37N3/c1-4-11-19-15-18(9-5-6-10-18)16-21-12-7-17(8-13-21)14-20(2)3/h17,19H,4-16H2,1-3H3. The number of nitrogens with one attached hydrogen (secondary N) is 1. The Morgan fingerprint density at radius 2 is 1.81 bits per heavy atom. The molecule has 3 heteroatoms. The van der Waals surface area contributed by atoms with Crippen LogP contribution in [0.25, 0.3) is 0 Å². The van der Waals surface area contributed by atoms with E-state index in [-0.39, 0.29) is 0 Å². The Hall–Kier alpha value is -0.120. The van der Waals surface area contributed by atoms with Gasteiger partial charge in [0.25, 0.3) is 0 Å². The van der Waals surface area contributed by atoms with Crippen LogP contribution in [0.1, 0.15) is 51.9 Å². The molecule has 21 heavy (non-hydrogen) atoms. The van der Waals surface area contributed by atoms with Crippen molar-refractivity contribution in [2.75, 3.05) is 53.4 Å². The summed E-state index contributed by atoms with van der Waals surface area (Å²) in [7, 11) is 4.42. The molecule has 0 aromatic rings. The molecular weight excluding hydrogens is 258 g/mol. The summed E-state index contributed by atoms with van der Waals surface area (Å²) < 4.78 is 0. The maximum Gasteiger partial charge on any atom is 0.00501 e. The van der Waals surface area contributed by atoms with Crippen LogP contribution >= 0.6 is 0 Å². The van der Waals surface area contributed by atoms with Gasteiger partial charge in [-0.05, 0) is 77.2 Å². The van der Waals surface area contributed by atoms with Crippen molar-refractivity contribution < 1.29 is 0 Å². The van der Waals surface area contributed by atoms with E-state index in [1.807, 2.05) is 0 Å². The second-order valence-electron chi connectivity index (χ2n) is 7.87. The first-order valence-corrected chi connectivity index (χ1v) is 9.21. The minimum Gasteiger partial charge on any atom is -0.316 e. The summed E-state index contributed by atoms with van der Waals surface area (Å²) in [5.74, 6) is 0.925. The van der Waals surface area contributed by atoms with Crippen molar-refractivity contribution in [2.24, 2.45) is 11.3 Å². The molecule has 0 aromatic heterocycles. The zero-order valence-electron chi connectivity index (χ0n) is 14.7. The van der Waals surface area contributed by atoms with Crippen LogP contribution in [0.5, 0.6) is 0 Å². The first-order valence-electron chi connectivity index (χ1n) is 9.21. The lowest BCUT2D eigenvalue weighted by Crippen LogP contribution is -2.46. The smallest absolute Gasteiger partial charge is 0.00501 e. The Kier molecular flexibility index (Phi) is 6.97. The summed E-state index contributed by atoms with van der Waals surface area (Å²) in [6.07, 6.45) is 9.85. The predicted molar refractivity (Wildman–Crippen MR) is 91.8 cm³/mol. The molecule has 0 unspecified atom stereocenters. The van der Waals surface area contributed by atoms with Gasteiger partial charge < -0.3 is 15.1 Å². The van der Waals surface area contributed by atoms with Gasteiger partial charge in [0.1, 0.15) is 0 Å². The van der Waals surface area contributed by atoms with Gasteiger partial charge in [-0.3, -0.25) is 0 Å². The highest BCUT2D eigenvalue weighted by Gasteiger charge is 2.36. The number of piperidine rings is 1. The third-order valence-electron chi connectivity index (χ3n) is 5.48. The van der Waals surface area contributed by atoms with Gasteiger partial charge in [-0.1, -0.05) is 19.8 Å². The molecule has 2 rings (SSSR count). The van der Waals surface area contributed by atoms with Crippen molar-refractivity contribution in [1.29, 1.82) is 0 Å². The molecule has 124 valence electrons. The largest absolute Gasteiger partial charge is 0.316 e. The summed E-state index contributed by atoms with van der Waals surface area (Å²) in [5, 5.41) is 3.71. The van der Waals surface area contributed by atoms with Gasteiger partial charge in [0.05, 0.1) is 0 Å². The zero-order chi connectivity index (χ0) is 15.1. The lowest BCUT2D eigenvalue weighted by molar-refractivity contribution is 0.102. The Labute approximate surface area is 132 Å². The Balaban J connectivity index is 1.76. The van der Waals surface area contributed by atoms with E-state index >= 15 is 0 Å². The highest BCUT2D eigenvalue weighted by atomic mass is 15.1. The number of hydrogen-bond donors (Lipinski definition) is 1. The molecule has 1 saturated carbocycles. The molecule has 0 amide bonds. The van der Waals surface area contributed by atoms with Crippen LogP contribution in [-0.2, 0) is 0 Å². The minimum atomic E-state index is 0.587.